The number of fused-ring (bicyclic) bond motifs is 5. The van der Waals surface area contributed by atoms with Crippen molar-refractivity contribution in [1.82, 2.24) is 15.0 Å². The van der Waals surface area contributed by atoms with E-state index in [-0.39, 0.29) is 11.3 Å². The molecule has 12 rings (SSSR count). The van der Waals surface area contributed by atoms with Crippen molar-refractivity contribution in [3.8, 4) is 34.4 Å². The summed E-state index contributed by atoms with van der Waals surface area (Å²) in [6, 6.07) is 41.9. The molecule has 0 spiro atoms. The summed E-state index contributed by atoms with van der Waals surface area (Å²) in [5.74, 6) is 10.2. The minimum atomic E-state index is -0.0907. The number of allylic oxidation sites excluding steroid dienone is 11. The van der Waals surface area contributed by atoms with Crippen LogP contribution in [0.15, 0.2) is 180 Å². The van der Waals surface area contributed by atoms with E-state index in [1.54, 1.807) is 5.57 Å². The first-order valence-electron chi connectivity index (χ1n) is 23.5. The number of thioether (sulfide) groups is 1. The lowest BCUT2D eigenvalue weighted by atomic mass is 9.61. The average molecular weight is 849 g/mol. The van der Waals surface area contributed by atoms with Gasteiger partial charge >= 0.3 is 0 Å². The van der Waals surface area contributed by atoms with E-state index in [0.29, 0.717) is 22.5 Å². The molecule has 0 saturated carbocycles. The van der Waals surface area contributed by atoms with Gasteiger partial charge in [-0.3, -0.25) is 0 Å². The smallest absolute Gasteiger partial charge is 0.164 e. The van der Waals surface area contributed by atoms with Crippen LogP contribution in [0.5, 0.6) is 0 Å². The second-order valence-corrected chi connectivity index (χ2v) is 19.9. The van der Waals surface area contributed by atoms with Gasteiger partial charge < -0.3 is 4.90 Å². The van der Waals surface area contributed by atoms with E-state index < -0.39 is 0 Å². The van der Waals surface area contributed by atoms with Crippen molar-refractivity contribution >= 4 is 34.2 Å². The highest BCUT2D eigenvalue weighted by Gasteiger charge is 2.56. The first kappa shape index (κ1) is 39.4. The molecule has 4 aromatic carbocycles. The Hall–Kier alpha value is -6.22. The fourth-order valence-electron chi connectivity index (χ4n) is 11.9. The van der Waals surface area contributed by atoms with Gasteiger partial charge in [-0.15, -0.1) is 17.7 Å². The van der Waals surface area contributed by atoms with E-state index in [0.717, 1.165) is 80.8 Å². The van der Waals surface area contributed by atoms with Gasteiger partial charge in [-0.05, 0) is 114 Å². The minimum absolute atomic E-state index is 0.0907. The van der Waals surface area contributed by atoms with Crippen molar-refractivity contribution in [1.29, 1.82) is 0 Å². The van der Waals surface area contributed by atoms with Gasteiger partial charge in [-0.2, -0.15) is 0 Å². The van der Waals surface area contributed by atoms with E-state index in [1.807, 2.05) is 0 Å². The molecule has 5 aromatic rings. The van der Waals surface area contributed by atoms with Crippen LogP contribution in [0.3, 0.4) is 0 Å². The molecule has 6 atom stereocenters. The molecule has 7 aliphatic rings. The Balaban J connectivity index is 1.04. The molecule has 5 aliphatic carbocycles. The molecule has 1 fully saturated rings. The summed E-state index contributed by atoms with van der Waals surface area (Å²) in [7, 11) is 0. The molecule has 0 bridgehead atoms. The molecular formula is C59H52N4S. The van der Waals surface area contributed by atoms with Gasteiger partial charge in [0.15, 0.2) is 17.5 Å². The van der Waals surface area contributed by atoms with Crippen molar-refractivity contribution in [2.75, 3.05) is 4.90 Å². The van der Waals surface area contributed by atoms with Crippen LogP contribution in [-0.4, -0.2) is 31.5 Å². The van der Waals surface area contributed by atoms with Crippen LogP contribution in [-0.2, 0) is 0 Å². The number of anilines is 1. The predicted molar refractivity (Wildman–Crippen MR) is 266 cm³/mol. The minimum Gasteiger partial charge on any atom is -0.340 e. The summed E-state index contributed by atoms with van der Waals surface area (Å²) in [6.07, 6.45) is 25.9. The lowest BCUT2D eigenvalue weighted by Crippen LogP contribution is -2.37. The normalized spacial score (nSPS) is 26.7. The quantitative estimate of drug-likeness (QED) is 0.121. The van der Waals surface area contributed by atoms with Crippen LogP contribution in [0, 0.1) is 29.1 Å². The van der Waals surface area contributed by atoms with Crippen molar-refractivity contribution in [3.05, 3.63) is 197 Å². The number of hydrogen-bond donors (Lipinski definition) is 0. The molecule has 1 aromatic heterocycles. The molecule has 6 unspecified atom stereocenters. The van der Waals surface area contributed by atoms with Gasteiger partial charge in [0.25, 0.3) is 0 Å². The molecule has 1 saturated heterocycles. The van der Waals surface area contributed by atoms with E-state index in [9.17, 15) is 0 Å². The Bertz CT molecular complexity index is 2940. The van der Waals surface area contributed by atoms with Crippen molar-refractivity contribution in [2.45, 2.75) is 81.3 Å². The van der Waals surface area contributed by atoms with Gasteiger partial charge in [0, 0.05) is 51.3 Å². The summed E-state index contributed by atoms with van der Waals surface area (Å²) in [4.78, 5) is 18.8. The Morgan fingerprint density at radius 2 is 1.44 bits per heavy atom. The zero-order chi connectivity index (χ0) is 42.6. The maximum atomic E-state index is 5.49. The Kier molecular flexibility index (Phi) is 10.1. The summed E-state index contributed by atoms with van der Waals surface area (Å²) in [6.45, 7) is 2.62. The van der Waals surface area contributed by atoms with Crippen LogP contribution in [0.4, 0.5) is 5.69 Å². The average Bonchev–Trinajstić information content (AvgIpc) is 3.77. The van der Waals surface area contributed by atoms with Crippen molar-refractivity contribution in [2.24, 2.45) is 17.3 Å². The van der Waals surface area contributed by atoms with Crippen molar-refractivity contribution in [3.63, 3.8) is 0 Å². The SMILES string of the molecule is CC12C3=CC4=C(CC3SC1C=CCCC2C1=C(c2nc(C3=CC=CCC3)nc(-c3ccccc3)n2)C=C(c2cccc(-c3ccccc3)c2)CC1)N(c1ccccc1)C1CCC#CC41. The molecule has 3 heterocycles. The molecule has 64 heavy (non-hydrogen) atoms. The second kappa shape index (κ2) is 16.4. The number of benzene rings is 4. The number of rotatable bonds is 7. The number of hydrogen-bond acceptors (Lipinski definition) is 5. The highest BCUT2D eigenvalue weighted by atomic mass is 32.2. The van der Waals surface area contributed by atoms with Gasteiger partial charge in [0.05, 0.1) is 12.0 Å². The zero-order valence-corrected chi connectivity index (χ0v) is 37.3. The second-order valence-electron chi connectivity index (χ2n) is 18.6. The molecule has 0 N–H and O–H groups in total. The topological polar surface area (TPSA) is 41.9 Å². The molecule has 2 aliphatic heterocycles. The molecular weight excluding hydrogens is 797 g/mol. The summed E-state index contributed by atoms with van der Waals surface area (Å²) < 4.78 is 0. The van der Waals surface area contributed by atoms with E-state index in [4.69, 9.17) is 15.0 Å². The maximum Gasteiger partial charge on any atom is 0.164 e. The standard InChI is InChI=1S/C59H52N4S/c1-59-50(30-15-17-32-55(59)64-54-38-53-48(37-51(54)59)47-29-14-16-31-52(47)63(53)45-27-12-5-13-28-45)46-34-33-44(43-26-18-25-42(35-43)39-19-6-2-7-20-39)36-49(46)58-61-56(40-21-8-3-9-22-40)60-57(62-58)41-23-10-4-11-24-41/h2-10,12-13,17-23,25-28,32,35-37,47,50,52,54-55H,11,15-16,24,30-31,33-34,38H2,1H3. The van der Waals surface area contributed by atoms with Crippen LogP contribution in [0.1, 0.15) is 81.9 Å². The molecule has 0 amide bonds. The fourth-order valence-corrected chi connectivity index (χ4v) is 13.8. The third kappa shape index (κ3) is 6.81. The number of para-hydroxylation sites is 1. The first-order valence-corrected chi connectivity index (χ1v) is 24.4. The maximum absolute atomic E-state index is 5.49. The Labute approximate surface area is 382 Å². The predicted octanol–water partition coefficient (Wildman–Crippen LogP) is 13.9. The van der Waals surface area contributed by atoms with Crippen LogP contribution < -0.4 is 4.90 Å². The highest BCUT2D eigenvalue weighted by molar-refractivity contribution is 8.01. The van der Waals surface area contributed by atoms with E-state index >= 15 is 0 Å². The van der Waals surface area contributed by atoms with Gasteiger partial charge in [-0.25, -0.2) is 15.0 Å². The summed E-state index contributed by atoms with van der Waals surface area (Å²) in [5, 5.41) is 0.780. The third-order valence-electron chi connectivity index (χ3n) is 15.0. The Morgan fingerprint density at radius 3 is 2.25 bits per heavy atom. The first-order chi connectivity index (χ1) is 31.6. The third-order valence-corrected chi connectivity index (χ3v) is 16.7. The number of aromatic nitrogens is 3. The fraction of sp³-hybridized carbons (Fsp3) is 0.271. The molecule has 314 valence electrons. The largest absolute Gasteiger partial charge is 0.340 e. The van der Waals surface area contributed by atoms with Gasteiger partial charge in [-0.1, -0.05) is 152 Å². The zero-order valence-electron chi connectivity index (χ0n) is 36.5. The lowest BCUT2D eigenvalue weighted by molar-refractivity contribution is 0.275. The summed E-state index contributed by atoms with van der Waals surface area (Å²) in [5.41, 5.74) is 15.8. The summed E-state index contributed by atoms with van der Waals surface area (Å²) >= 11 is 2.21. The number of nitrogens with zero attached hydrogens (tertiary/aromatic N) is 4. The van der Waals surface area contributed by atoms with Crippen molar-refractivity contribution < 1.29 is 0 Å². The van der Waals surface area contributed by atoms with Gasteiger partial charge in [0.1, 0.15) is 0 Å². The monoisotopic (exact) mass is 848 g/mol. The molecule has 5 heteroatoms. The molecule has 0 radical (unpaired) electrons. The van der Waals surface area contributed by atoms with Gasteiger partial charge in [0.2, 0.25) is 0 Å². The van der Waals surface area contributed by atoms with E-state index in [1.165, 1.54) is 55.9 Å². The lowest BCUT2D eigenvalue weighted by Gasteiger charge is -2.42. The van der Waals surface area contributed by atoms with E-state index in [2.05, 4.69) is 193 Å². The Morgan fingerprint density at radius 1 is 0.688 bits per heavy atom. The van der Waals surface area contributed by atoms with Crippen LogP contribution >= 0.6 is 11.8 Å². The van der Waals surface area contributed by atoms with Crippen LogP contribution in [0.2, 0.25) is 0 Å². The highest BCUT2D eigenvalue weighted by Crippen LogP contribution is 2.65. The van der Waals surface area contributed by atoms with Crippen LogP contribution in [0.25, 0.3) is 39.2 Å². The molecule has 4 nitrogen and oxygen atoms in total.